The maximum absolute atomic E-state index is 5.88. The lowest BCUT2D eigenvalue weighted by Crippen LogP contribution is -2.30. The Morgan fingerprint density at radius 2 is 2.39 bits per heavy atom. The summed E-state index contributed by atoms with van der Waals surface area (Å²) in [5.74, 6) is 0.644. The van der Waals surface area contributed by atoms with E-state index < -0.39 is 0 Å². The van der Waals surface area contributed by atoms with Gasteiger partial charge in [-0.15, -0.1) is 0 Å². The molecule has 1 aliphatic heterocycles. The van der Waals surface area contributed by atoms with Gasteiger partial charge in [0.1, 0.15) is 5.82 Å². The fraction of sp³-hybridized carbons (Fsp3) is 0.538. The second-order valence-electron chi connectivity index (χ2n) is 4.90. The summed E-state index contributed by atoms with van der Waals surface area (Å²) in [6.07, 6.45) is 5.29. The van der Waals surface area contributed by atoms with E-state index in [0.29, 0.717) is 11.9 Å². The minimum atomic E-state index is 0.626. The number of hydrogen-bond acceptors (Lipinski definition) is 4. The number of rotatable bonds is 3. The Hall–Kier alpha value is -1.62. The minimum absolute atomic E-state index is 0.626. The summed E-state index contributed by atoms with van der Waals surface area (Å²) < 4.78 is 1.72. The number of nitrogens with two attached hydrogens (primary N) is 1. The van der Waals surface area contributed by atoms with Crippen molar-refractivity contribution in [3.05, 3.63) is 24.0 Å². The van der Waals surface area contributed by atoms with Crippen molar-refractivity contribution in [3.8, 4) is 0 Å². The van der Waals surface area contributed by atoms with Crippen LogP contribution >= 0.6 is 0 Å². The third-order valence-electron chi connectivity index (χ3n) is 3.79. The van der Waals surface area contributed by atoms with Gasteiger partial charge < -0.3 is 10.6 Å². The van der Waals surface area contributed by atoms with Crippen LogP contribution in [0.1, 0.15) is 25.5 Å². The van der Waals surface area contributed by atoms with E-state index in [2.05, 4.69) is 21.9 Å². The number of fused-ring (bicyclic) bond motifs is 1. The Labute approximate surface area is 107 Å². The number of nitrogens with zero attached hydrogens (tertiary/aromatic N) is 4. The zero-order valence-corrected chi connectivity index (χ0v) is 10.7. The van der Waals surface area contributed by atoms with Gasteiger partial charge in [-0.25, -0.2) is 4.98 Å². The van der Waals surface area contributed by atoms with Gasteiger partial charge in [0.15, 0.2) is 5.65 Å². The average molecular weight is 245 g/mol. The van der Waals surface area contributed by atoms with Crippen LogP contribution in [0.4, 0.5) is 5.82 Å². The Balaban J connectivity index is 1.84. The summed E-state index contributed by atoms with van der Waals surface area (Å²) in [5.41, 5.74) is 7.81. The summed E-state index contributed by atoms with van der Waals surface area (Å²) in [5, 5.41) is 4.55. The summed E-state index contributed by atoms with van der Waals surface area (Å²) in [6, 6.07) is 4.45. The fourth-order valence-corrected chi connectivity index (χ4v) is 2.85. The summed E-state index contributed by atoms with van der Waals surface area (Å²) in [7, 11) is 0. The predicted molar refractivity (Wildman–Crippen MR) is 71.4 cm³/mol. The Kier molecular flexibility index (Phi) is 2.91. The van der Waals surface area contributed by atoms with Crippen LogP contribution in [-0.4, -0.2) is 38.6 Å². The first-order valence-corrected chi connectivity index (χ1v) is 6.61. The molecule has 0 spiro atoms. The molecule has 1 fully saturated rings. The normalized spacial score (nSPS) is 20.8. The third-order valence-corrected chi connectivity index (χ3v) is 3.79. The highest BCUT2D eigenvalue weighted by Crippen LogP contribution is 2.20. The van der Waals surface area contributed by atoms with Crippen molar-refractivity contribution in [2.45, 2.75) is 32.2 Å². The van der Waals surface area contributed by atoms with Crippen LogP contribution in [0.3, 0.4) is 0 Å². The highest BCUT2D eigenvalue weighted by Gasteiger charge is 2.24. The maximum atomic E-state index is 5.88. The average Bonchev–Trinajstić information content (AvgIpc) is 2.96. The zero-order chi connectivity index (χ0) is 12.5. The molecular weight excluding hydrogens is 226 g/mol. The van der Waals surface area contributed by atoms with Crippen molar-refractivity contribution in [2.75, 3.05) is 18.8 Å². The molecule has 0 radical (unpaired) electrons. The molecule has 2 aromatic rings. The third kappa shape index (κ3) is 1.95. The smallest absolute Gasteiger partial charge is 0.157 e. The van der Waals surface area contributed by atoms with Crippen LogP contribution in [-0.2, 0) is 6.42 Å². The van der Waals surface area contributed by atoms with E-state index in [9.17, 15) is 0 Å². The molecule has 2 N–H and O–H groups in total. The molecule has 1 aliphatic rings. The van der Waals surface area contributed by atoms with Gasteiger partial charge in [-0.2, -0.15) is 9.61 Å². The highest BCUT2D eigenvalue weighted by atomic mass is 15.3. The molecule has 5 heteroatoms. The highest BCUT2D eigenvalue weighted by molar-refractivity contribution is 5.46. The van der Waals surface area contributed by atoms with Crippen LogP contribution in [0.5, 0.6) is 0 Å². The maximum Gasteiger partial charge on any atom is 0.157 e. The van der Waals surface area contributed by atoms with Crippen LogP contribution in [0.2, 0.25) is 0 Å². The van der Waals surface area contributed by atoms with E-state index in [4.69, 9.17) is 5.73 Å². The Morgan fingerprint density at radius 3 is 3.17 bits per heavy atom. The lowest BCUT2D eigenvalue weighted by molar-refractivity contribution is 0.264. The number of hydrogen-bond donors (Lipinski definition) is 1. The molecule has 3 rings (SSSR count). The van der Waals surface area contributed by atoms with Crippen LogP contribution in [0.25, 0.3) is 5.65 Å². The number of anilines is 1. The van der Waals surface area contributed by atoms with Crippen molar-refractivity contribution < 1.29 is 0 Å². The van der Waals surface area contributed by atoms with E-state index >= 15 is 0 Å². The number of likely N-dealkylation sites (N-methyl/N-ethyl adjacent to an activating group) is 1. The molecule has 5 nitrogen and oxygen atoms in total. The first kappa shape index (κ1) is 11.5. The van der Waals surface area contributed by atoms with E-state index in [1.54, 1.807) is 16.8 Å². The monoisotopic (exact) mass is 245 g/mol. The van der Waals surface area contributed by atoms with Gasteiger partial charge in [0.2, 0.25) is 0 Å². The fourth-order valence-electron chi connectivity index (χ4n) is 2.85. The number of likely N-dealkylation sites (tertiary alicyclic amines) is 1. The second-order valence-corrected chi connectivity index (χ2v) is 4.90. The van der Waals surface area contributed by atoms with Gasteiger partial charge in [-0.3, -0.25) is 0 Å². The molecule has 18 heavy (non-hydrogen) atoms. The lowest BCUT2D eigenvalue weighted by atomic mass is 10.1. The molecule has 0 saturated carbocycles. The van der Waals surface area contributed by atoms with Gasteiger partial charge in [0.05, 0.1) is 5.69 Å². The standard InChI is InChI=1S/C13H19N5/c1-2-17-7-3-4-11(17)8-10-9-13-15-6-5-12(14)18(13)16-10/h5-6,9,11H,2-4,7-8,14H2,1H3. The largest absolute Gasteiger partial charge is 0.384 e. The van der Waals surface area contributed by atoms with Crippen molar-refractivity contribution in [1.29, 1.82) is 0 Å². The predicted octanol–water partition coefficient (Wildman–Crippen LogP) is 1.34. The Morgan fingerprint density at radius 1 is 1.50 bits per heavy atom. The molecule has 1 unspecified atom stereocenters. The van der Waals surface area contributed by atoms with Crippen molar-refractivity contribution in [3.63, 3.8) is 0 Å². The topological polar surface area (TPSA) is 59.5 Å². The summed E-state index contributed by atoms with van der Waals surface area (Å²) in [6.45, 7) is 4.56. The van der Waals surface area contributed by atoms with Gasteiger partial charge in [-0.1, -0.05) is 6.92 Å². The molecule has 2 aromatic heterocycles. The Bertz CT molecular complexity index is 547. The van der Waals surface area contributed by atoms with Crippen molar-refractivity contribution >= 4 is 11.5 Å². The van der Waals surface area contributed by atoms with E-state index in [1.807, 2.05) is 6.07 Å². The molecule has 96 valence electrons. The molecule has 0 bridgehead atoms. The second kappa shape index (κ2) is 4.57. The summed E-state index contributed by atoms with van der Waals surface area (Å²) in [4.78, 5) is 6.81. The molecule has 0 aliphatic carbocycles. The molecule has 0 aromatic carbocycles. The van der Waals surface area contributed by atoms with Crippen LogP contribution < -0.4 is 5.73 Å². The zero-order valence-electron chi connectivity index (χ0n) is 10.7. The number of aromatic nitrogens is 3. The number of nitrogen functional groups attached to an aromatic ring is 1. The SMILES string of the molecule is CCN1CCCC1Cc1cc2nccc(N)n2n1. The van der Waals surface area contributed by atoms with Crippen molar-refractivity contribution in [2.24, 2.45) is 0 Å². The molecular formula is C13H19N5. The van der Waals surface area contributed by atoms with Gasteiger partial charge in [-0.05, 0) is 32.0 Å². The van der Waals surface area contributed by atoms with E-state index in [1.165, 1.54) is 19.4 Å². The van der Waals surface area contributed by atoms with Gasteiger partial charge in [0.25, 0.3) is 0 Å². The van der Waals surface area contributed by atoms with Gasteiger partial charge >= 0.3 is 0 Å². The molecule has 0 amide bonds. The first-order chi connectivity index (χ1) is 8.78. The van der Waals surface area contributed by atoms with Crippen LogP contribution in [0.15, 0.2) is 18.3 Å². The minimum Gasteiger partial charge on any atom is -0.384 e. The van der Waals surface area contributed by atoms with Gasteiger partial charge in [0, 0.05) is 24.7 Å². The van der Waals surface area contributed by atoms with E-state index in [-0.39, 0.29) is 0 Å². The summed E-state index contributed by atoms with van der Waals surface area (Å²) >= 11 is 0. The van der Waals surface area contributed by atoms with Crippen LogP contribution in [0, 0.1) is 0 Å². The lowest BCUT2D eigenvalue weighted by Gasteiger charge is -2.21. The molecule has 3 heterocycles. The molecule has 1 atom stereocenters. The van der Waals surface area contributed by atoms with Crippen molar-refractivity contribution in [1.82, 2.24) is 19.5 Å². The van der Waals surface area contributed by atoms with E-state index in [0.717, 1.165) is 24.3 Å². The quantitative estimate of drug-likeness (QED) is 0.886. The molecule has 1 saturated heterocycles. The first-order valence-electron chi connectivity index (χ1n) is 6.61.